The van der Waals surface area contributed by atoms with Crippen molar-refractivity contribution in [2.45, 2.75) is 13.0 Å². The fourth-order valence-electron chi connectivity index (χ4n) is 2.11. The zero-order chi connectivity index (χ0) is 17.6. The molecule has 0 unspecified atom stereocenters. The molecule has 3 aromatic rings. The van der Waals surface area contributed by atoms with Crippen LogP contribution in [0.3, 0.4) is 0 Å². The van der Waals surface area contributed by atoms with Crippen molar-refractivity contribution >= 4 is 5.91 Å². The van der Waals surface area contributed by atoms with E-state index in [0.717, 1.165) is 0 Å². The van der Waals surface area contributed by atoms with Crippen LogP contribution >= 0.6 is 0 Å². The molecule has 7 nitrogen and oxygen atoms in total. The number of hydrogen-bond acceptors (Lipinski definition) is 5. The molecule has 2 heterocycles. The van der Waals surface area contributed by atoms with E-state index in [4.69, 9.17) is 4.42 Å². The molecule has 0 bridgehead atoms. The van der Waals surface area contributed by atoms with Gasteiger partial charge in [0.25, 0.3) is 5.91 Å². The van der Waals surface area contributed by atoms with E-state index >= 15 is 0 Å². The Hall–Kier alpha value is -3.23. The highest BCUT2D eigenvalue weighted by Crippen LogP contribution is 2.15. The lowest BCUT2D eigenvalue weighted by molar-refractivity contribution is -0.0498. The van der Waals surface area contributed by atoms with Crippen LogP contribution in [0.5, 0.6) is 5.75 Å². The lowest BCUT2D eigenvalue weighted by Gasteiger charge is -2.06. The number of alkyl halides is 2. The van der Waals surface area contributed by atoms with Crippen LogP contribution in [0.2, 0.25) is 0 Å². The first-order valence-electron chi connectivity index (χ1n) is 7.40. The first kappa shape index (κ1) is 16.6. The van der Waals surface area contributed by atoms with Gasteiger partial charge < -0.3 is 14.5 Å². The van der Waals surface area contributed by atoms with Gasteiger partial charge >= 0.3 is 6.61 Å². The number of carbonyl (C=O) groups excluding carboxylic acids is 1. The molecule has 0 radical (unpaired) electrons. The van der Waals surface area contributed by atoms with Gasteiger partial charge in [-0.2, -0.15) is 13.9 Å². The minimum atomic E-state index is -2.90. The number of benzene rings is 1. The van der Waals surface area contributed by atoms with Gasteiger partial charge in [0, 0.05) is 18.5 Å². The second kappa shape index (κ2) is 7.56. The van der Waals surface area contributed by atoms with E-state index in [1.54, 1.807) is 12.1 Å². The SMILES string of the molecule is O=C(NCCc1nc(-c2ccco2)n[nH]1)c1ccc(OC(F)F)cc1. The highest BCUT2D eigenvalue weighted by atomic mass is 19.3. The minimum absolute atomic E-state index is 0.00124. The largest absolute Gasteiger partial charge is 0.461 e. The number of hydrogen-bond donors (Lipinski definition) is 2. The fraction of sp³-hybridized carbons (Fsp3) is 0.188. The second-order valence-corrected chi connectivity index (χ2v) is 4.99. The van der Waals surface area contributed by atoms with Gasteiger partial charge in [-0.3, -0.25) is 9.89 Å². The molecule has 2 aromatic heterocycles. The summed E-state index contributed by atoms with van der Waals surface area (Å²) in [6, 6.07) is 8.94. The third-order valence-electron chi connectivity index (χ3n) is 3.26. The maximum Gasteiger partial charge on any atom is 0.387 e. The van der Waals surface area contributed by atoms with Gasteiger partial charge in [-0.25, -0.2) is 4.98 Å². The molecule has 1 aromatic carbocycles. The van der Waals surface area contributed by atoms with Gasteiger partial charge in [-0.15, -0.1) is 0 Å². The van der Waals surface area contributed by atoms with E-state index in [0.29, 0.717) is 35.9 Å². The summed E-state index contributed by atoms with van der Waals surface area (Å²) in [5.41, 5.74) is 0.343. The standard InChI is InChI=1S/C16H14F2N4O3/c17-16(18)25-11-5-3-10(4-6-11)15(23)19-8-7-13-20-14(22-21-13)12-2-1-9-24-12/h1-6,9,16H,7-8H2,(H,19,23)(H,20,21,22). The van der Waals surface area contributed by atoms with Gasteiger partial charge in [0.15, 0.2) is 5.76 Å². The number of nitrogens with zero attached hydrogens (tertiary/aromatic N) is 2. The van der Waals surface area contributed by atoms with Crippen molar-refractivity contribution in [3.8, 4) is 17.3 Å². The quantitative estimate of drug-likeness (QED) is 0.685. The number of aromatic nitrogens is 3. The lowest BCUT2D eigenvalue weighted by atomic mass is 10.2. The molecule has 130 valence electrons. The smallest absolute Gasteiger partial charge is 0.387 e. The normalized spacial score (nSPS) is 10.8. The average molecular weight is 348 g/mol. The van der Waals surface area contributed by atoms with E-state index in [1.165, 1.54) is 30.5 Å². The maximum atomic E-state index is 12.1. The third kappa shape index (κ3) is 4.40. The number of rotatable bonds is 7. The van der Waals surface area contributed by atoms with E-state index < -0.39 is 6.61 Å². The molecular formula is C16H14F2N4O3. The third-order valence-corrected chi connectivity index (χ3v) is 3.26. The number of aromatic amines is 1. The Labute approximate surface area is 141 Å². The van der Waals surface area contributed by atoms with Gasteiger partial charge in [0.2, 0.25) is 5.82 Å². The Morgan fingerprint density at radius 2 is 2.08 bits per heavy atom. The van der Waals surface area contributed by atoms with E-state index in [2.05, 4.69) is 25.2 Å². The lowest BCUT2D eigenvalue weighted by Crippen LogP contribution is -2.25. The molecular weight excluding hydrogens is 334 g/mol. The number of ether oxygens (including phenoxy) is 1. The molecule has 0 saturated carbocycles. The zero-order valence-electron chi connectivity index (χ0n) is 12.9. The summed E-state index contributed by atoms with van der Waals surface area (Å²) in [7, 11) is 0. The summed E-state index contributed by atoms with van der Waals surface area (Å²) in [6.45, 7) is -2.56. The monoisotopic (exact) mass is 348 g/mol. The molecule has 0 saturated heterocycles. The van der Waals surface area contributed by atoms with Crippen molar-refractivity contribution in [2.24, 2.45) is 0 Å². The van der Waals surface area contributed by atoms with E-state index in [-0.39, 0.29) is 11.7 Å². The van der Waals surface area contributed by atoms with Crippen molar-refractivity contribution in [2.75, 3.05) is 6.54 Å². The van der Waals surface area contributed by atoms with Gasteiger partial charge in [0.05, 0.1) is 6.26 Å². The Morgan fingerprint density at radius 1 is 1.28 bits per heavy atom. The summed E-state index contributed by atoms with van der Waals surface area (Å²) < 4.78 is 33.6. The fourth-order valence-corrected chi connectivity index (χ4v) is 2.11. The van der Waals surface area contributed by atoms with Gasteiger partial charge in [-0.05, 0) is 36.4 Å². The molecule has 0 spiro atoms. The molecule has 0 atom stereocenters. The van der Waals surface area contributed by atoms with Crippen LogP contribution in [0.25, 0.3) is 11.6 Å². The number of halogens is 2. The van der Waals surface area contributed by atoms with E-state index in [1.807, 2.05) is 0 Å². The van der Waals surface area contributed by atoms with Crippen LogP contribution in [0.15, 0.2) is 47.1 Å². The Morgan fingerprint density at radius 3 is 2.76 bits per heavy atom. The summed E-state index contributed by atoms with van der Waals surface area (Å²) in [6.07, 6.45) is 1.98. The highest BCUT2D eigenvalue weighted by Gasteiger charge is 2.10. The van der Waals surface area contributed by atoms with Gasteiger partial charge in [-0.1, -0.05) is 0 Å². The highest BCUT2D eigenvalue weighted by molar-refractivity contribution is 5.94. The number of nitrogens with one attached hydrogen (secondary N) is 2. The summed E-state index contributed by atoms with van der Waals surface area (Å²) in [5.74, 6) is 1.28. The second-order valence-electron chi connectivity index (χ2n) is 4.99. The average Bonchev–Trinajstić information content (AvgIpc) is 3.26. The molecule has 25 heavy (non-hydrogen) atoms. The number of amides is 1. The minimum Gasteiger partial charge on any atom is -0.461 e. The summed E-state index contributed by atoms with van der Waals surface area (Å²) >= 11 is 0. The number of furan rings is 1. The summed E-state index contributed by atoms with van der Waals surface area (Å²) in [5, 5.41) is 9.52. The number of H-pyrrole nitrogens is 1. The van der Waals surface area contributed by atoms with Crippen molar-refractivity contribution in [1.29, 1.82) is 0 Å². The van der Waals surface area contributed by atoms with Crippen LogP contribution < -0.4 is 10.1 Å². The van der Waals surface area contributed by atoms with Crippen molar-refractivity contribution in [1.82, 2.24) is 20.5 Å². The zero-order valence-corrected chi connectivity index (χ0v) is 12.9. The molecule has 9 heteroatoms. The van der Waals surface area contributed by atoms with Crippen LogP contribution in [-0.4, -0.2) is 34.2 Å². The van der Waals surface area contributed by atoms with Crippen LogP contribution in [0, 0.1) is 0 Å². The van der Waals surface area contributed by atoms with Crippen LogP contribution in [-0.2, 0) is 6.42 Å². The molecule has 1 amide bonds. The van der Waals surface area contributed by atoms with Crippen molar-refractivity contribution < 1.29 is 22.7 Å². The molecule has 3 rings (SSSR count). The molecule has 0 aliphatic rings. The Balaban J connectivity index is 1.49. The van der Waals surface area contributed by atoms with Crippen LogP contribution in [0.4, 0.5) is 8.78 Å². The topological polar surface area (TPSA) is 93.0 Å². The van der Waals surface area contributed by atoms with Crippen molar-refractivity contribution in [3.05, 3.63) is 54.0 Å². The predicted octanol–water partition coefficient (Wildman–Crippen LogP) is 2.64. The van der Waals surface area contributed by atoms with Gasteiger partial charge in [0.1, 0.15) is 11.6 Å². The first-order valence-corrected chi connectivity index (χ1v) is 7.40. The van der Waals surface area contributed by atoms with E-state index in [9.17, 15) is 13.6 Å². The number of carbonyl (C=O) groups is 1. The maximum absolute atomic E-state index is 12.1. The summed E-state index contributed by atoms with van der Waals surface area (Å²) in [4.78, 5) is 16.3. The predicted molar refractivity (Wildman–Crippen MR) is 83.2 cm³/mol. The molecule has 0 aliphatic carbocycles. The van der Waals surface area contributed by atoms with Crippen molar-refractivity contribution in [3.63, 3.8) is 0 Å². The Bertz CT molecular complexity index is 816. The first-order chi connectivity index (χ1) is 12.1. The molecule has 2 N–H and O–H groups in total. The molecule has 0 fully saturated rings. The van der Waals surface area contributed by atoms with Crippen LogP contribution in [0.1, 0.15) is 16.2 Å². The Kier molecular flexibility index (Phi) is 5.03. The molecule has 0 aliphatic heterocycles.